The summed E-state index contributed by atoms with van der Waals surface area (Å²) in [4.78, 5) is 14.5. The highest BCUT2D eigenvalue weighted by Gasteiger charge is 2.23. The zero-order chi connectivity index (χ0) is 19.1. The summed E-state index contributed by atoms with van der Waals surface area (Å²) in [5.74, 6) is 1.06. The second-order valence-electron chi connectivity index (χ2n) is 6.58. The van der Waals surface area contributed by atoms with Crippen LogP contribution in [0.5, 0.6) is 11.5 Å². The smallest absolute Gasteiger partial charge is 0.223 e. The summed E-state index contributed by atoms with van der Waals surface area (Å²) in [7, 11) is 1.67. The van der Waals surface area contributed by atoms with Gasteiger partial charge >= 0.3 is 0 Å². The van der Waals surface area contributed by atoms with Crippen LogP contribution in [-0.4, -0.2) is 38.8 Å². The number of ether oxygens (including phenoxy) is 2. The average Bonchev–Trinajstić information content (AvgIpc) is 2.69. The summed E-state index contributed by atoms with van der Waals surface area (Å²) in [5, 5.41) is 3.09. The summed E-state index contributed by atoms with van der Waals surface area (Å²) >= 11 is 0. The first-order valence-electron chi connectivity index (χ1n) is 9.21. The third kappa shape index (κ3) is 5.36. The van der Waals surface area contributed by atoms with Crippen molar-refractivity contribution < 1.29 is 18.7 Å². The number of nitrogens with zero attached hydrogens (tertiary/aromatic N) is 1. The lowest BCUT2D eigenvalue weighted by Crippen LogP contribution is -2.48. The van der Waals surface area contributed by atoms with Crippen LogP contribution in [0.15, 0.2) is 48.5 Å². The summed E-state index contributed by atoms with van der Waals surface area (Å²) in [6, 6.07) is 13.8. The van der Waals surface area contributed by atoms with Crippen molar-refractivity contribution in [1.29, 1.82) is 0 Å². The van der Waals surface area contributed by atoms with Crippen molar-refractivity contribution in [1.82, 2.24) is 5.32 Å². The van der Waals surface area contributed by atoms with Crippen LogP contribution in [0.4, 0.5) is 10.1 Å². The van der Waals surface area contributed by atoms with E-state index in [0.717, 1.165) is 37.4 Å². The van der Waals surface area contributed by atoms with Crippen LogP contribution in [0.2, 0.25) is 0 Å². The van der Waals surface area contributed by atoms with Gasteiger partial charge in [0.2, 0.25) is 5.91 Å². The maximum atomic E-state index is 12.9. The van der Waals surface area contributed by atoms with Crippen molar-refractivity contribution in [3.8, 4) is 11.5 Å². The molecule has 6 heteroatoms. The Morgan fingerprint density at radius 3 is 2.78 bits per heavy atom. The topological polar surface area (TPSA) is 50.8 Å². The number of halogens is 1. The molecule has 2 aromatic rings. The van der Waals surface area contributed by atoms with Gasteiger partial charge in [-0.2, -0.15) is 0 Å². The van der Waals surface area contributed by atoms with Gasteiger partial charge in [0, 0.05) is 19.1 Å². The Labute approximate surface area is 159 Å². The maximum Gasteiger partial charge on any atom is 0.223 e. The van der Waals surface area contributed by atoms with E-state index in [1.54, 1.807) is 19.2 Å². The third-order valence-electron chi connectivity index (χ3n) is 4.62. The number of hydrogen-bond donors (Lipinski definition) is 1. The number of anilines is 1. The van der Waals surface area contributed by atoms with Crippen LogP contribution in [0.25, 0.3) is 0 Å². The molecule has 0 bridgehead atoms. The standard InChI is InChI=1S/C21H25FN2O3/c1-26-20-7-3-2-6-19(20)24-13-4-5-17(15-24)23-21(25)12-14-27-18-10-8-16(22)9-11-18/h2-3,6-11,17H,4-5,12-15H2,1H3,(H,23,25). The monoisotopic (exact) mass is 372 g/mol. The van der Waals surface area contributed by atoms with Gasteiger partial charge in [0.25, 0.3) is 0 Å². The second-order valence-corrected chi connectivity index (χ2v) is 6.58. The largest absolute Gasteiger partial charge is 0.495 e. The summed E-state index contributed by atoms with van der Waals surface area (Å²) < 4.78 is 23.8. The van der Waals surface area contributed by atoms with Crippen LogP contribution in [0, 0.1) is 5.82 Å². The van der Waals surface area contributed by atoms with E-state index >= 15 is 0 Å². The van der Waals surface area contributed by atoms with E-state index in [4.69, 9.17) is 9.47 Å². The molecule has 1 amide bonds. The second kappa shape index (κ2) is 9.26. The number of benzene rings is 2. The lowest BCUT2D eigenvalue weighted by molar-refractivity contribution is -0.122. The number of rotatable bonds is 7. The molecule has 0 aromatic heterocycles. The number of carbonyl (C=O) groups excluding carboxylic acids is 1. The summed E-state index contributed by atoms with van der Waals surface area (Å²) in [6.45, 7) is 1.96. The molecule has 1 aliphatic rings. The molecule has 144 valence electrons. The van der Waals surface area contributed by atoms with E-state index in [2.05, 4.69) is 10.2 Å². The fraction of sp³-hybridized carbons (Fsp3) is 0.381. The van der Waals surface area contributed by atoms with Gasteiger partial charge in [0.05, 0.1) is 25.8 Å². The fourth-order valence-corrected chi connectivity index (χ4v) is 3.30. The van der Waals surface area contributed by atoms with Gasteiger partial charge in [-0.3, -0.25) is 4.79 Å². The zero-order valence-electron chi connectivity index (χ0n) is 15.5. The van der Waals surface area contributed by atoms with Crippen LogP contribution >= 0.6 is 0 Å². The van der Waals surface area contributed by atoms with Crippen LogP contribution in [0.1, 0.15) is 19.3 Å². The number of nitrogens with one attached hydrogen (secondary N) is 1. The van der Waals surface area contributed by atoms with E-state index in [0.29, 0.717) is 5.75 Å². The van der Waals surface area contributed by atoms with E-state index in [1.807, 2.05) is 24.3 Å². The molecule has 0 radical (unpaired) electrons. The zero-order valence-corrected chi connectivity index (χ0v) is 15.5. The number of carbonyl (C=O) groups is 1. The normalized spacial score (nSPS) is 16.7. The van der Waals surface area contributed by atoms with Crippen molar-refractivity contribution >= 4 is 11.6 Å². The van der Waals surface area contributed by atoms with Crippen molar-refractivity contribution in [3.05, 3.63) is 54.3 Å². The van der Waals surface area contributed by atoms with Gasteiger partial charge in [0.1, 0.15) is 17.3 Å². The number of methoxy groups -OCH3 is 1. The molecule has 1 fully saturated rings. The van der Waals surface area contributed by atoms with Gasteiger partial charge < -0.3 is 19.7 Å². The first kappa shape index (κ1) is 19.0. The molecule has 1 N–H and O–H groups in total. The highest BCUT2D eigenvalue weighted by atomic mass is 19.1. The fourth-order valence-electron chi connectivity index (χ4n) is 3.30. The van der Waals surface area contributed by atoms with Crippen molar-refractivity contribution in [3.63, 3.8) is 0 Å². The lowest BCUT2D eigenvalue weighted by atomic mass is 10.0. The Hall–Kier alpha value is -2.76. The van der Waals surface area contributed by atoms with Gasteiger partial charge in [0.15, 0.2) is 0 Å². The summed E-state index contributed by atoms with van der Waals surface area (Å²) in [5.41, 5.74) is 1.05. The number of amides is 1. The Kier molecular flexibility index (Phi) is 6.52. The number of hydrogen-bond acceptors (Lipinski definition) is 4. The van der Waals surface area contributed by atoms with Gasteiger partial charge in [-0.15, -0.1) is 0 Å². The lowest BCUT2D eigenvalue weighted by Gasteiger charge is -2.35. The predicted molar refractivity (Wildman–Crippen MR) is 103 cm³/mol. The third-order valence-corrected chi connectivity index (χ3v) is 4.62. The highest BCUT2D eigenvalue weighted by Crippen LogP contribution is 2.29. The van der Waals surface area contributed by atoms with Gasteiger partial charge in [-0.25, -0.2) is 4.39 Å². The Bertz CT molecular complexity index is 751. The Balaban J connectivity index is 1.47. The quantitative estimate of drug-likeness (QED) is 0.809. The molecule has 0 aliphatic carbocycles. The van der Waals surface area contributed by atoms with E-state index in [-0.39, 0.29) is 30.8 Å². The van der Waals surface area contributed by atoms with Crippen LogP contribution < -0.4 is 19.7 Å². The highest BCUT2D eigenvalue weighted by molar-refractivity contribution is 5.76. The number of para-hydroxylation sites is 2. The van der Waals surface area contributed by atoms with Gasteiger partial charge in [-0.05, 0) is 49.2 Å². The molecule has 27 heavy (non-hydrogen) atoms. The van der Waals surface area contributed by atoms with Crippen molar-refractivity contribution in [2.45, 2.75) is 25.3 Å². The minimum absolute atomic E-state index is 0.0380. The maximum absolute atomic E-state index is 12.9. The van der Waals surface area contributed by atoms with Crippen molar-refractivity contribution in [2.24, 2.45) is 0 Å². The van der Waals surface area contributed by atoms with Crippen molar-refractivity contribution in [2.75, 3.05) is 31.7 Å². The minimum Gasteiger partial charge on any atom is -0.495 e. The summed E-state index contributed by atoms with van der Waals surface area (Å²) in [6.07, 6.45) is 2.23. The molecule has 1 heterocycles. The molecule has 1 saturated heterocycles. The Morgan fingerprint density at radius 1 is 1.22 bits per heavy atom. The Morgan fingerprint density at radius 2 is 2.00 bits per heavy atom. The van der Waals surface area contributed by atoms with E-state index < -0.39 is 0 Å². The van der Waals surface area contributed by atoms with Gasteiger partial charge in [-0.1, -0.05) is 12.1 Å². The predicted octanol–water partition coefficient (Wildman–Crippen LogP) is 3.39. The molecule has 1 atom stereocenters. The first-order chi connectivity index (χ1) is 13.2. The number of piperidine rings is 1. The van der Waals surface area contributed by atoms with E-state index in [1.165, 1.54) is 12.1 Å². The van der Waals surface area contributed by atoms with E-state index in [9.17, 15) is 9.18 Å². The molecule has 1 aliphatic heterocycles. The minimum atomic E-state index is -0.308. The molecule has 0 spiro atoms. The molecule has 0 saturated carbocycles. The SMILES string of the molecule is COc1ccccc1N1CCCC(NC(=O)CCOc2ccc(F)cc2)C1. The van der Waals surface area contributed by atoms with Crippen LogP contribution in [-0.2, 0) is 4.79 Å². The molecular weight excluding hydrogens is 347 g/mol. The molecule has 3 rings (SSSR count). The molecular formula is C21H25FN2O3. The first-order valence-corrected chi connectivity index (χ1v) is 9.21. The average molecular weight is 372 g/mol. The van der Waals surface area contributed by atoms with Crippen LogP contribution in [0.3, 0.4) is 0 Å². The molecule has 5 nitrogen and oxygen atoms in total. The molecule has 2 aromatic carbocycles. The molecule has 1 unspecified atom stereocenters.